The molecule has 3 heteroatoms. The molecule has 0 aliphatic heterocycles. The molecular formula is C9H9BrClN. The normalized spacial score (nSPS) is 10.9. The van der Waals surface area contributed by atoms with Gasteiger partial charge in [-0.1, -0.05) is 39.7 Å². The second kappa shape index (κ2) is 4.65. The van der Waals surface area contributed by atoms with Crippen LogP contribution in [0, 0.1) is 0 Å². The van der Waals surface area contributed by atoms with Gasteiger partial charge in [-0.15, -0.1) is 0 Å². The smallest absolute Gasteiger partial charge is 0.0423 e. The van der Waals surface area contributed by atoms with Gasteiger partial charge in [-0.05, 0) is 23.8 Å². The van der Waals surface area contributed by atoms with E-state index in [1.54, 1.807) is 0 Å². The number of hydrogen-bond acceptors (Lipinski definition) is 1. The maximum Gasteiger partial charge on any atom is 0.0423 e. The average molecular weight is 247 g/mol. The first-order valence-corrected chi connectivity index (χ1v) is 4.72. The zero-order chi connectivity index (χ0) is 8.97. The minimum Gasteiger partial charge on any atom is -0.327 e. The molecular weight excluding hydrogens is 237 g/mol. The van der Waals surface area contributed by atoms with Gasteiger partial charge in [-0.3, -0.25) is 0 Å². The van der Waals surface area contributed by atoms with Crippen molar-refractivity contribution < 1.29 is 0 Å². The lowest BCUT2D eigenvalue weighted by atomic mass is 10.2. The highest BCUT2D eigenvalue weighted by molar-refractivity contribution is 9.10. The molecule has 12 heavy (non-hydrogen) atoms. The Balaban J connectivity index is 2.93. The van der Waals surface area contributed by atoms with Gasteiger partial charge in [0.1, 0.15) is 0 Å². The average Bonchev–Trinajstić information content (AvgIpc) is 1.99. The third-order valence-electron chi connectivity index (χ3n) is 1.33. The van der Waals surface area contributed by atoms with Crippen molar-refractivity contribution in [3.63, 3.8) is 0 Å². The molecule has 0 unspecified atom stereocenters. The highest BCUT2D eigenvalue weighted by Crippen LogP contribution is 2.20. The molecule has 64 valence electrons. The molecule has 0 fully saturated rings. The standard InChI is InChI=1S/C9H9BrClN/c10-8-4-7(2-1-3-12)5-9(11)6-8/h1-2,4-6H,3,12H2. The van der Waals surface area contributed by atoms with Crippen LogP contribution in [-0.2, 0) is 0 Å². The van der Waals surface area contributed by atoms with E-state index in [9.17, 15) is 0 Å². The van der Waals surface area contributed by atoms with Crippen molar-refractivity contribution in [3.8, 4) is 0 Å². The van der Waals surface area contributed by atoms with Crippen LogP contribution in [0.1, 0.15) is 5.56 Å². The zero-order valence-electron chi connectivity index (χ0n) is 6.43. The fourth-order valence-corrected chi connectivity index (χ4v) is 1.76. The summed E-state index contributed by atoms with van der Waals surface area (Å²) in [6.45, 7) is 0.546. The molecule has 0 aliphatic carbocycles. The summed E-state index contributed by atoms with van der Waals surface area (Å²) >= 11 is 9.19. The van der Waals surface area contributed by atoms with Gasteiger partial charge in [0, 0.05) is 16.0 Å². The summed E-state index contributed by atoms with van der Waals surface area (Å²) in [6.07, 6.45) is 3.83. The van der Waals surface area contributed by atoms with Crippen molar-refractivity contribution in [2.45, 2.75) is 0 Å². The Hall–Kier alpha value is -0.310. The predicted molar refractivity (Wildman–Crippen MR) is 57.2 cm³/mol. The van der Waals surface area contributed by atoms with Crippen LogP contribution in [0.15, 0.2) is 28.7 Å². The summed E-state index contributed by atoms with van der Waals surface area (Å²) in [6, 6.07) is 5.72. The van der Waals surface area contributed by atoms with Crippen LogP contribution in [0.25, 0.3) is 6.08 Å². The van der Waals surface area contributed by atoms with Crippen LogP contribution >= 0.6 is 27.5 Å². The Morgan fingerprint density at radius 2 is 2.17 bits per heavy atom. The van der Waals surface area contributed by atoms with E-state index in [0.717, 1.165) is 15.1 Å². The summed E-state index contributed by atoms with van der Waals surface area (Å²) in [5.41, 5.74) is 6.38. The fraction of sp³-hybridized carbons (Fsp3) is 0.111. The molecule has 0 heterocycles. The Morgan fingerprint density at radius 3 is 2.75 bits per heavy atom. The van der Waals surface area contributed by atoms with Gasteiger partial charge in [0.15, 0.2) is 0 Å². The van der Waals surface area contributed by atoms with Gasteiger partial charge in [-0.2, -0.15) is 0 Å². The fourth-order valence-electron chi connectivity index (χ4n) is 0.876. The molecule has 2 N–H and O–H groups in total. The molecule has 0 bridgehead atoms. The third-order valence-corrected chi connectivity index (χ3v) is 2.01. The Morgan fingerprint density at radius 1 is 1.42 bits per heavy atom. The molecule has 1 aromatic rings. The summed E-state index contributed by atoms with van der Waals surface area (Å²) in [7, 11) is 0. The van der Waals surface area contributed by atoms with Crippen molar-refractivity contribution >= 4 is 33.6 Å². The minimum absolute atomic E-state index is 0.546. The van der Waals surface area contributed by atoms with Crippen LogP contribution in [0.2, 0.25) is 5.02 Å². The van der Waals surface area contributed by atoms with Gasteiger partial charge < -0.3 is 5.73 Å². The number of nitrogens with two attached hydrogens (primary N) is 1. The highest BCUT2D eigenvalue weighted by atomic mass is 79.9. The Labute approximate surface area is 85.3 Å². The molecule has 0 spiro atoms. The molecule has 0 atom stereocenters. The SMILES string of the molecule is NCC=Cc1cc(Cl)cc(Br)c1. The van der Waals surface area contributed by atoms with E-state index >= 15 is 0 Å². The molecule has 1 rings (SSSR count). The van der Waals surface area contributed by atoms with E-state index in [2.05, 4.69) is 15.9 Å². The molecule has 0 saturated carbocycles. The highest BCUT2D eigenvalue weighted by Gasteiger charge is 1.93. The topological polar surface area (TPSA) is 26.0 Å². The van der Waals surface area contributed by atoms with Gasteiger partial charge in [0.2, 0.25) is 0 Å². The van der Waals surface area contributed by atoms with E-state index < -0.39 is 0 Å². The molecule has 0 saturated heterocycles. The zero-order valence-corrected chi connectivity index (χ0v) is 8.77. The maximum absolute atomic E-state index is 5.83. The number of rotatable bonds is 2. The van der Waals surface area contributed by atoms with Gasteiger partial charge in [0.25, 0.3) is 0 Å². The lowest BCUT2D eigenvalue weighted by Crippen LogP contribution is -1.91. The van der Waals surface area contributed by atoms with E-state index in [-0.39, 0.29) is 0 Å². The lowest BCUT2D eigenvalue weighted by Gasteiger charge is -1.96. The maximum atomic E-state index is 5.83. The second-order valence-electron chi connectivity index (χ2n) is 2.34. The van der Waals surface area contributed by atoms with Gasteiger partial charge in [-0.25, -0.2) is 0 Å². The molecule has 0 radical (unpaired) electrons. The monoisotopic (exact) mass is 245 g/mol. The van der Waals surface area contributed by atoms with Crippen molar-refractivity contribution in [3.05, 3.63) is 39.3 Å². The van der Waals surface area contributed by atoms with E-state index in [0.29, 0.717) is 6.54 Å². The number of hydrogen-bond donors (Lipinski definition) is 1. The van der Waals surface area contributed by atoms with Crippen LogP contribution in [0.5, 0.6) is 0 Å². The second-order valence-corrected chi connectivity index (χ2v) is 3.69. The van der Waals surface area contributed by atoms with Crippen molar-refractivity contribution in [2.75, 3.05) is 6.54 Å². The Bertz CT molecular complexity index is 276. The van der Waals surface area contributed by atoms with Gasteiger partial charge >= 0.3 is 0 Å². The van der Waals surface area contributed by atoms with Crippen LogP contribution < -0.4 is 5.73 Å². The number of benzene rings is 1. The van der Waals surface area contributed by atoms with E-state index in [1.165, 1.54) is 0 Å². The van der Waals surface area contributed by atoms with Crippen molar-refractivity contribution in [2.24, 2.45) is 5.73 Å². The minimum atomic E-state index is 0.546. The largest absolute Gasteiger partial charge is 0.327 e. The first-order chi connectivity index (χ1) is 5.72. The number of halogens is 2. The quantitative estimate of drug-likeness (QED) is 0.853. The summed E-state index contributed by atoms with van der Waals surface area (Å²) in [4.78, 5) is 0. The first kappa shape index (κ1) is 9.78. The van der Waals surface area contributed by atoms with Crippen LogP contribution in [0.3, 0.4) is 0 Å². The van der Waals surface area contributed by atoms with Crippen molar-refractivity contribution in [1.29, 1.82) is 0 Å². The van der Waals surface area contributed by atoms with Crippen molar-refractivity contribution in [1.82, 2.24) is 0 Å². The van der Waals surface area contributed by atoms with Gasteiger partial charge in [0.05, 0.1) is 0 Å². The first-order valence-electron chi connectivity index (χ1n) is 3.55. The molecule has 0 aromatic heterocycles. The van der Waals surface area contributed by atoms with E-state index in [1.807, 2.05) is 30.4 Å². The molecule has 0 aliphatic rings. The summed E-state index contributed by atoms with van der Waals surface area (Å²) < 4.78 is 0.978. The van der Waals surface area contributed by atoms with Crippen LogP contribution in [0.4, 0.5) is 0 Å². The molecule has 1 nitrogen and oxygen atoms in total. The lowest BCUT2D eigenvalue weighted by molar-refractivity contribution is 1.26. The molecule has 1 aromatic carbocycles. The Kier molecular flexibility index (Phi) is 3.79. The molecule has 0 amide bonds. The van der Waals surface area contributed by atoms with E-state index in [4.69, 9.17) is 17.3 Å². The third kappa shape index (κ3) is 2.97. The summed E-state index contributed by atoms with van der Waals surface area (Å²) in [5.74, 6) is 0. The predicted octanol–water partition coefficient (Wildman–Crippen LogP) is 3.07. The summed E-state index contributed by atoms with van der Waals surface area (Å²) in [5, 5.41) is 0.723. The van der Waals surface area contributed by atoms with Crippen LogP contribution in [-0.4, -0.2) is 6.54 Å².